The first-order chi connectivity index (χ1) is 9.22. The van der Waals surface area contributed by atoms with Gasteiger partial charge in [-0.25, -0.2) is 13.4 Å². The van der Waals surface area contributed by atoms with Crippen LogP contribution in [0.15, 0.2) is 21.7 Å². The van der Waals surface area contributed by atoms with Crippen molar-refractivity contribution in [1.29, 1.82) is 0 Å². The van der Waals surface area contributed by atoms with Crippen molar-refractivity contribution in [3.8, 4) is 0 Å². The number of aliphatic hydroxyl groups is 1. The Morgan fingerprint density at radius 3 is 2.55 bits per heavy atom. The van der Waals surface area contributed by atoms with E-state index in [1.54, 1.807) is 6.07 Å². The SMILES string of the molecule is CC(C)(C)c1csc(NS(=O)(=O)c2ccc(CO)s2)n1. The number of hydrogen-bond acceptors (Lipinski definition) is 6. The molecule has 0 aliphatic rings. The van der Waals surface area contributed by atoms with Crippen molar-refractivity contribution >= 4 is 37.8 Å². The van der Waals surface area contributed by atoms with Gasteiger partial charge in [0.2, 0.25) is 0 Å². The standard InChI is InChI=1S/C12H16N2O3S3/c1-12(2,3)9-7-18-11(13-9)14-20(16,17)10-5-4-8(6-15)19-10/h4-5,7,15H,6H2,1-3H3,(H,13,14). The molecule has 0 bridgehead atoms. The Balaban J connectivity index is 2.22. The lowest BCUT2D eigenvalue weighted by Gasteiger charge is -2.14. The van der Waals surface area contributed by atoms with Crippen LogP contribution in [0.1, 0.15) is 31.3 Å². The average Bonchev–Trinajstić information content (AvgIpc) is 2.95. The summed E-state index contributed by atoms with van der Waals surface area (Å²) in [4.78, 5) is 4.91. The fraction of sp³-hybridized carbons (Fsp3) is 0.417. The highest BCUT2D eigenvalue weighted by Gasteiger charge is 2.21. The summed E-state index contributed by atoms with van der Waals surface area (Å²) in [6.45, 7) is 5.90. The molecule has 0 aliphatic heterocycles. The molecule has 8 heteroatoms. The largest absolute Gasteiger partial charge is 0.391 e. The molecule has 2 aromatic heterocycles. The Kier molecular flexibility index (Phi) is 4.19. The maximum absolute atomic E-state index is 12.2. The first kappa shape index (κ1) is 15.4. The summed E-state index contributed by atoms with van der Waals surface area (Å²) in [7, 11) is -3.63. The summed E-state index contributed by atoms with van der Waals surface area (Å²) in [6.07, 6.45) is 0. The van der Waals surface area contributed by atoms with E-state index < -0.39 is 10.0 Å². The van der Waals surface area contributed by atoms with Gasteiger partial charge in [0.25, 0.3) is 10.0 Å². The predicted octanol–water partition coefficient (Wildman–Crippen LogP) is 2.80. The topological polar surface area (TPSA) is 79.3 Å². The second-order valence-corrected chi connectivity index (χ2v) is 9.21. The van der Waals surface area contributed by atoms with E-state index in [4.69, 9.17) is 5.11 Å². The van der Waals surface area contributed by atoms with E-state index >= 15 is 0 Å². The third-order valence-corrected chi connectivity index (χ3v) is 6.34. The molecule has 2 heterocycles. The molecule has 0 aliphatic carbocycles. The van der Waals surface area contributed by atoms with Gasteiger partial charge in [-0.1, -0.05) is 20.8 Å². The van der Waals surface area contributed by atoms with Gasteiger partial charge in [-0.05, 0) is 12.1 Å². The molecule has 0 radical (unpaired) electrons. The molecular formula is C12H16N2O3S3. The molecule has 20 heavy (non-hydrogen) atoms. The quantitative estimate of drug-likeness (QED) is 0.902. The number of hydrogen-bond donors (Lipinski definition) is 2. The number of rotatable bonds is 4. The summed E-state index contributed by atoms with van der Waals surface area (Å²) in [5.41, 5.74) is 0.732. The second kappa shape index (κ2) is 5.44. The van der Waals surface area contributed by atoms with Crippen LogP contribution in [0.25, 0.3) is 0 Å². The molecule has 110 valence electrons. The molecular weight excluding hydrogens is 316 g/mol. The lowest BCUT2D eigenvalue weighted by Crippen LogP contribution is -2.14. The number of aromatic nitrogens is 1. The minimum atomic E-state index is -3.63. The van der Waals surface area contributed by atoms with Gasteiger partial charge < -0.3 is 5.11 Å². The number of sulfonamides is 1. The van der Waals surface area contributed by atoms with Crippen molar-refractivity contribution < 1.29 is 13.5 Å². The molecule has 2 N–H and O–H groups in total. The zero-order chi connectivity index (χ0) is 15.0. The smallest absolute Gasteiger partial charge is 0.273 e. The van der Waals surface area contributed by atoms with Gasteiger partial charge in [-0.2, -0.15) is 0 Å². The number of nitrogens with one attached hydrogen (secondary N) is 1. The van der Waals surface area contributed by atoms with Crippen LogP contribution in [0.4, 0.5) is 5.13 Å². The predicted molar refractivity (Wildman–Crippen MR) is 81.9 cm³/mol. The van der Waals surface area contributed by atoms with Gasteiger partial charge in [0.1, 0.15) is 4.21 Å². The highest BCUT2D eigenvalue weighted by Crippen LogP contribution is 2.29. The van der Waals surface area contributed by atoms with Gasteiger partial charge >= 0.3 is 0 Å². The van der Waals surface area contributed by atoms with Crippen molar-refractivity contribution in [2.45, 2.75) is 37.0 Å². The van der Waals surface area contributed by atoms with Crippen LogP contribution in [-0.4, -0.2) is 18.5 Å². The number of thiophene rings is 1. The molecule has 0 atom stereocenters. The average molecular weight is 332 g/mol. The molecule has 0 aromatic carbocycles. The summed E-state index contributed by atoms with van der Waals surface area (Å²) < 4.78 is 27.0. The Hall–Kier alpha value is -0.960. The maximum Gasteiger partial charge on any atom is 0.273 e. The first-order valence-corrected chi connectivity index (χ1v) is 9.09. The third-order valence-electron chi connectivity index (χ3n) is 2.55. The van der Waals surface area contributed by atoms with Gasteiger partial charge in [-0.3, -0.25) is 4.72 Å². The van der Waals surface area contributed by atoms with Crippen LogP contribution in [-0.2, 0) is 22.0 Å². The summed E-state index contributed by atoms with van der Waals surface area (Å²) in [5.74, 6) is 0. The second-order valence-electron chi connectivity index (χ2n) is 5.27. The molecule has 0 spiro atoms. The van der Waals surface area contributed by atoms with Crippen molar-refractivity contribution in [2.75, 3.05) is 4.72 Å². The molecule has 0 amide bonds. The third kappa shape index (κ3) is 3.38. The highest BCUT2D eigenvalue weighted by molar-refractivity contribution is 7.94. The minimum absolute atomic E-state index is 0.118. The molecule has 0 fully saturated rings. The van der Waals surface area contributed by atoms with E-state index in [-0.39, 0.29) is 16.2 Å². The number of anilines is 1. The fourth-order valence-corrected chi connectivity index (χ4v) is 4.82. The molecule has 0 unspecified atom stereocenters. The van der Waals surface area contributed by atoms with E-state index in [1.165, 1.54) is 17.4 Å². The van der Waals surface area contributed by atoms with Crippen LogP contribution < -0.4 is 4.72 Å². The number of aliphatic hydroxyl groups excluding tert-OH is 1. The Bertz CT molecular complexity index is 696. The van der Waals surface area contributed by atoms with Gasteiger partial charge in [0.05, 0.1) is 12.3 Å². The number of nitrogens with zero attached hydrogens (tertiary/aromatic N) is 1. The molecule has 2 rings (SSSR count). The number of thiazole rings is 1. The highest BCUT2D eigenvalue weighted by atomic mass is 32.2. The van der Waals surface area contributed by atoms with Crippen molar-refractivity contribution in [2.24, 2.45) is 0 Å². The van der Waals surface area contributed by atoms with Crippen LogP contribution >= 0.6 is 22.7 Å². The van der Waals surface area contributed by atoms with Crippen LogP contribution in [0.3, 0.4) is 0 Å². The van der Waals surface area contributed by atoms with E-state index in [2.05, 4.69) is 9.71 Å². The van der Waals surface area contributed by atoms with Crippen molar-refractivity contribution in [1.82, 2.24) is 4.98 Å². The monoisotopic (exact) mass is 332 g/mol. The van der Waals surface area contributed by atoms with Gasteiger partial charge in [0.15, 0.2) is 5.13 Å². The van der Waals surface area contributed by atoms with E-state index in [1.807, 2.05) is 26.2 Å². The Morgan fingerprint density at radius 1 is 1.35 bits per heavy atom. The zero-order valence-corrected chi connectivity index (χ0v) is 13.8. The van der Waals surface area contributed by atoms with Crippen molar-refractivity contribution in [3.63, 3.8) is 0 Å². The molecule has 0 saturated heterocycles. The molecule has 5 nitrogen and oxygen atoms in total. The van der Waals surface area contributed by atoms with Crippen LogP contribution in [0, 0.1) is 0 Å². The van der Waals surface area contributed by atoms with E-state index in [0.29, 0.717) is 10.0 Å². The van der Waals surface area contributed by atoms with Crippen molar-refractivity contribution in [3.05, 3.63) is 28.1 Å². The van der Waals surface area contributed by atoms with E-state index in [0.717, 1.165) is 17.0 Å². The maximum atomic E-state index is 12.2. The van der Waals surface area contributed by atoms with Gasteiger partial charge in [0, 0.05) is 15.7 Å². The zero-order valence-electron chi connectivity index (χ0n) is 11.4. The first-order valence-electron chi connectivity index (χ1n) is 5.91. The van der Waals surface area contributed by atoms with Crippen LogP contribution in [0.5, 0.6) is 0 Å². The Labute approximate surface area is 126 Å². The summed E-state index contributed by atoms with van der Waals surface area (Å²) in [6, 6.07) is 3.08. The molecule has 2 aromatic rings. The van der Waals surface area contributed by atoms with E-state index in [9.17, 15) is 8.42 Å². The van der Waals surface area contributed by atoms with Crippen LogP contribution in [0.2, 0.25) is 0 Å². The summed E-state index contributed by atoms with van der Waals surface area (Å²) in [5, 5.41) is 11.2. The lowest BCUT2D eigenvalue weighted by molar-refractivity contribution is 0.285. The fourth-order valence-electron chi connectivity index (χ4n) is 1.42. The minimum Gasteiger partial charge on any atom is -0.391 e. The lowest BCUT2D eigenvalue weighted by atomic mass is 9.93. The molecule has 0 saturated carbocycles. The van der Waals surface area contributed by atoms with Gasteiger partial charge in [-0.15, -0.1) is 22.7 Å². The summed E-state index contributed by atoms with van der Waals surface area (Å²) >= 11 is 2.31. The normalized spacial score (nSPS) is 12.6. The Morgan fingerprint density at radius 2 is 2.05 bits per heavy atom.